The molecule has 1 N–H and O–H groups in total. The Balaban J connectivity index is 1.43. The summed E-state index contributed by atoms with van der Waals surface area (Å²) in [6.45, 7) is 2.10. The zero-order chi connectivity index (χ0) is 17.5. The molecule has 2 amide bonds. The van der Waals surface area contributed by atoms with Gasteiger partial charge in [0.15, 0.2) is 0 Å². The number of thiophene rings is 1. The lowest BCUT2D eigenvalue weighted by Crippen LogP contribution is -2.45. The number of carbonyl (C=O) groups is 2. The molecule has 0 aliphatic carbocycles. The first kappa shape index (κ1) is 17.5. The number of hydrogen-bond donors (Lipinski definition) is 1. The van der Waals surface area contributed by atoms with Gasteiger partial charge >= 0.3 is 0 Å². The first-order chi connectivity index (χ1) is 12.2. The highest BCUT2D eigenvalue weighted by atomic mass is 32.1. The van der Waals surface area contributed by atoms with Crippen LogP contribution in [-0.4, -0.2) is 43.0 Å². The van der Waals surface area contributed by atoms with Crippen molar-refractivity contribution >= 4 is 23.2 Å². The molecule has 25 heavy (non-hydrogen) atoms. The topological polar surface area (TPSA) is 58.6 Å². The Morgan fingerprint density at radius 3 is 2.80 bits per heavy atom. The number of ether oxygens (including phenoxy) is 1. The van der Waals surface area contributed by atoms with Gasteiger partial charge in [0, 0.05) is 13.1 Å². The first-order valence-electron chi connectivity index (χ1n) is 8.52. The van der Waals surface area contributed by atoms with Crippen molar-refractivity contribution in [3.63, 3.8) is 0 Å². The molecule has 0 spiro atoms. The second-order valence-corrected chi connectivity index (χ2v) is 6.97. The van der Waals surface area contributed by atoms with Crippen LogP contribution in [-0.2, 0) is 4.79 Å². The van der Waals surface area contributed by atoms with Crippen molar-refractivity contribution in [2.24, 2.45) is 5.92 Å². The molecule has 0 saturated carbocycles. The van der Waals surface area contributed by atoms with Gasteiger partial charge in [-0.2, -0.15) is 0 Å². The quantitative estimate of drug-likeness (QED) is 0.808. The monoisotopic (exact) mass is 358 g/mol. The number of nitrogens with one attached hydrogen (secondary N) is 1. The summed E-state index contributed by atoms with van der Waals surface area (Å²) < 4.78 is 5.57. The van der Waals surface area contributed by atoms with E-state index in [0.29, 0.717) is 19.7 Å². The van der Waals surface area contributed by atoms with Crippen molar-refractivity contribution in [1.82, 2.24) is 10.2 Å². The van der Waals surface area contributed by atoms with E-state index in [9.17, 15) is 9.59 Å². The molecule has 1 aromatic carbocycles. The van der Waals surface area contributed by atoms with Crippen LogP contribution >= 0.6 is 11.3 Å². The number of likely N-dealkylation sites (tertiary alicyclic amines) is 1. The zero-order valence-electron chi connectivity index (χ0n) is 14.0. The number of hydrogen-bond acceptors (Lipinski definition) is 4. The van der Waals surface area contributed by atoms with Crippen LogP contribution in [0.2, 0.25) is 0 Å². The maximum atomic E-state index is 12.4. The van der Waals surface area contributed by atoms with Gasteiger partial charge in [-0.05, 0) is 36.4 Å². The van der Waals surface area contributed by atoms with Crippen molar-refractivity contribution < 1.29 is 14.3 Å². The average Bonchev–Trinajstić information content (AvgIpc) is 3.20. The highest BCUT2D eigenvalue weighted by Gasteiger charge is 2.29. The minimum absolute atomic E-state index is 0.000316. The summed E-state index contributed by atoms with van der Waals surface area (Å²) in [5.41, 5.74) is 0. The molecule has 0 bridgehead atoms. The van der Waals surface area contributed by atoms with E-state index in [0.717, 1.165) is 30.0 Å². The molecule has 0 radical (unpaired) electrons. The van der Waals surface area contributed by atoms with E-state index in [-0.39, 0.29) is 17.7 Å². The number of piperidine rings is 1. The molecule has 6 heteroatoms. The fraction of sp³-hybridized carbons (Fsp3) is 0.368. The van der Waals surface area contributed by atoms with Gasteiger partial charge in [0.2, 0.25) is 5.91 Å². The van der Waals surface area contributed by atoms with Crippen molar-refractivity contribution in [2.75, 3.05) is 26.2 Å². The lowest BCUT2D eigenvalue weighted by Gasteiger charge is -2.31. The normalized spacial score (nSPS) is 17.1. The van der Waals surface area contributed by atoms with Crippen molar-refractivity contribution in [2.45, 2.75) is 12.8 Å². The molecule has 1 fully saturated rings. The van der Waals surface area contributed by atoms with Crippen LogP contribution in [0.4, 0.5) is 0 Å². The molecule has 1 saturated heterocycles. The highest BCUT2D eigenvalue weighted by molar-refractivity contribution is 7.12. The van der Waals surface area contributed by atoms with Gasteiger partial charge < -0.3 is 15.0 Å². The SMILES string of the molecule is O=C(NCCOc1ccccc1)[C@@H]1CCCN(C(=O)c2cccs2)C1. The fourth-order valence-corrected chi connectivity index (χ4v) is 3.63. The van der Waals surface area contributed by atoms with Crippen molar-refractivity contribution in [1.29, 1.82) is 0 Å². The lowest BCUT2D eigenvalue weighted by molar-refractivity contribution is -0.126. The van der Waals surface area contributed by atoms with E-state index in [1.165, 1.54) is 11.3 Å². The molecule has 1 aromatic heterocycles. The van der Waals surface area contributed by atoms with Gasteiger partial charge in [0.1, 0.15) is 12.4 Å². The van der Waals surface area contributed by atoms with Gasteiger partial charge in [0.25, 0.3) is 5.91 Å². The van der Waals surface area contributed by atoms with Crippen LogP contribution in [0.5, 0.6) is 5.75 Å². The van der Waals surface area contributed by atoms with Crippen LogP contribution in [0.25, 0.3) is 0 Å². The maximum Gasteiger partial charge on any atom is 0.263 e. The molecule has 1 atom stereocenters. The van der Waals surface area contributed by atoms with E-state index in [2.05, 4.69) is 5.32 Å². The predicted octanol–water partition coefficient (Wildman–Crippen LogP) is 2.80. The standard InChI is InChI=1S/C19H22N2O3S/c22-18(20-10-12-24-16-7-2-1-3-8-16)15-6-4-11-21(14-15)19(23)17-9-5-13-25-17/h1-3,5,7-9,13,15H,4,6,10-12,14H2,(H,20,22)/t15-/m1/s1. The first-order valence-corrected chi connectivity index (χ1v) is 9.40. The van der Waals surface area contributed by atoms with E-state index in [1.54, 1.807) is 4.90 Å². The van der Waals surface area contributed by atoms with Crippen LogP contribution in [0, 0.1) is 5.92 Å². The Morgan fingerprint density at radius 2 is 2.04 bits per heavy atom. The van der Waals surface area contributed by atoms with Gasteiger partial charge in [-0.15, -0.1) is 11.3 Å². The summed E-state index contributed by atoms with van der Waals surface area (Å²) in [6.07, 6.45) is 1.68. The third-order valence-corrected chi connectivity index (χ3v) is 5.08. The summed E-state index contributed by atoms with van der Waals surface area (Å²) in [5, 5.41) is 4.81. The zero-order valence-corrected chi connectivity index (χ0v) is 14.8. The Morgan fingerprint density at radius 1 is 1.20 bits per heavy atom. The van der Waals surface area contributed by atoms with E-state index >= 15 is 0 Å². The average molecular weight is 358 g/mol. The predicted molar refractivity (Wildman–Crippen MR) is 97.9 cm³/mol. The Hall–Kier alpha value is -2.34. The van der Waals surface area contributed by atoms with Crippen LogP contribution < -0.4 is 10.1 Å². The summed E-state index contributed by atoms with van der Waals surface area (Å²) in [6, 6.07) is 13.2. The summed E-state index contributed by atoms with van der Waals surface area (Å²) >= 11 is 1.44. The number of carbonyl (C=O) groups excluding carboxylic acids is 2. The summed E-state index contributed by atoms with van der Waals surface area (Å²) in [5.74, 6) is 0.678. The molecule has 1 aliphatic heterocycles. The number of amides is 2. The molecule has 1 aliphatic rings. The van der Waals surface area contributed by atoms with Gasteiger partial charge in [-0.25, -0.2) is 0 Å². The Labute approximate surface area is 151 Å². The number of nitrogens with zero attached hydrogens (tertiary/aromatic N) is 1. The fourth-order valence-electron chi connectivity index (χ4n) is 2.94. The minimum atomic E-state index is -0.144. The smallest absolute Gasteiger partial charge is 0.263 e. The van der Waals surface area contributed by atoms with Gasteiger partial charge in [-0.1, -0.05) is 24.3 Å². The van der Waals surface area contributed by atoms with E-state index < -0.39 is 0 Å². The van der Waals surface area contributed by atoms with E-state index in [1.807, 2.05) is 47.8 Å². The molecular weight excluding hydrogens is 336 g/mol. The summed E-state index contributed by atoms with van der Waals surface area (Å²) in [4.78, 5) is 27.3. The molecule has 2 aromatic rings. The van der Waals surface area contributed by atoms with Crippen molar-refractivity contribution in [3.8, 4) is 5.75 Å². The molecule has 2 heterocycles. The highest BCUT2D eigenvalue weighted by Crippen LogP contribution is 2.20. The number of rotatable bonds is 6. The molecule has 132 valence electrons. The van der Waals surface area contributed by atoms with Gasteiger partial charge in [0.05, 0.1) is 17.3 Å². The third-order valence-electron chi connectivity index (χ3n) is 4.22. The molecule has 5 nitrogen and oxygen atoms in total. The van der Waals surface area contributed by atoms with Crippen LogP contribution in [0.3, 0.4) is 0 Å². The maximum absolute atomic E-state index is 12.4. The van der Waals surface area contributed by atoms with E-state index in [4.69, 9.17) is 4.74 Å². The van der Waals surface area contributed by atoms with Crippen LogP contribution in [0.1, 0.15) is 22.5 Å². The van der Waals surface area contributed by atoms with Gasteiger partial charge in [-0.3, -0.25) is 9.59 Å². The Bertz CT molecular complexity index is 688. The number of para-hydroxylation sites is 1. The minimum Gasteiger partial charge on any atom is -0.492 e. The number of benzene rings is 1. The second-order valence-electron chi connectivity index (χ2n) is 6.02. The van der Waals surface area contributed by atoms with Crippen molar-refractivity contribution in [3.05, 3.63) is 52.7 Å². The lowest BCUT2D eigenvalue weighted by atomic mass is 9.97. The Kier molecular flexibility index (Phi) is 6.06. The third kappa shape index (κ3) is 4.82. The second kappa shape index (κ2) is 8.67. The largest absolute Gasteiger partial charge is 0.492 e. The molecule has 0 unspecified atom stereocenters. The summed E-state index contributed by atoms with van der Waals surface area (Å²) in [7, 11) is 0. The molecule has 3 rings (SSSR count). The molecular formula is C19H22N2O3S. The van der Waals surface area contributed by atoms with Crippen LogP contribution in [0.15, 0.2) is 47.8 Å².